The van der Waals surface area contributed by atoms with Crippen molar-refractivity contribution < 1.29 is 9.18 Å². The number of likely N-dealkylation sites (tertiary alicyclic amines) is 1. The Labute approximate surface area is 135 Å². The Hall–Kier alpha value is -2.17. The number of rotatable bonds is 3. The Balaban J connectivity index is 1.65. The molecule has 1 aliphatic heterocycles. The van der Waals surface area contributed by atoms with E-state index in [1.54, 1.807) is 23.9 Å². The molecule has 122 valence electrons. The molecule has 5 heteroatoms. The molecule has 2 heterocycles. The zero-order valence-corrected chi connectivity index (χ0v) is 13.8. The number of amides is 1. The van der Waals surface area contributed by atoms with Gasteiger partial charge in [-0.3, -0.25) is 9.48 Å². The van der Waals surface area contributed by atoms with Gasteiger partial charge in [0.25, 0.3) is 5.91 Å². The molecule has 3 rings (SSSR count). The number of hydrogen-bond acceptors (Lipinski definition) is 2. The van der Waals surface area contributed by atoms with Crippen molar-refractivity contribution in [2.24, 2.45) is 13.0 Å². The molecule has 1 unspecified atom stereocenters. The average Bonchev–Trinajstić information content (AvgIpc) is 3.11. The summed E-state index contributed by atoms with van der Waals surface area (Å²) in [7, 11) is 1.84. The number of halogens is 1. The van der Waals surface area contributed by atoms with Crippen molar-refractivity contribution in [3.05, 3.63) is 52.6 Å². The summed E-state index contributed by atoms with van der Waals surface area (Å²) < 4.78 is 15.4. The van der Waals surface area contributed by atoms with E-state index < -0.39 is 0 Å². The topological polar surface area (TPSA) is 38.1 Å². The lowest BCUT2D eigenvalue weighted by Crippen LogP contribution is -2.29. The molecule has 1 aromatic heterocycles. The van der Waals surface area contributed by atoms with Gasteiger partial charge >= 0.3 is 0 Å². The van der Waals surface area contributed by atoms with Crippen molar-refractivity contribution in [1.29, 1.82) is 0 Å². The fourth-order valence-corrected chi connectivity index (χ4v) is 3.16. The standard InChI is InChI=1S/C18H22FN3O/c1-12-4-5-14(9-17(12)19)8-15-6-7-22(11-15)18(23)16-10-20-21(3)13(16)2/h4-5,9-10,15H,6-8,11H2,1-3H3. The van der Waals surface area contributed by atoms with Gasteiger partial charge in [0.1, 0.15) is 5.82 Å². The van der Waals surface area contributed by atoms with Gasteiger partial charge in [-0.25, -0.2) is 4.39 Å². The maximum atomic E-state index is 13.7. The molecule has 0 spiro atoms. The molecule has 1 aromatic carbocycles. The number of aromatic nitrogens is 2. The molecule has 4 nitrogen and oxygen atoms in total. The van der Waals surface area contributed by atoms with Gasteiger partial charge in [0.05, 0.1) is 11.8 Å². The molecule has 1 amide bonds. The van der Waals surface area contributed by atoms with Crippen LogP contribution in [0.3, 0.4) is 0 Å². The van der Waals surface area contributed by atoms with Gasteiger partial charge in [0.15, 0.2) is 0 Å². The lowest BCUT2D eigenvalue weighted by molar-refractivity contribution is 0.0786. The third kappa shape index (κ3) is 3.14. The molecule has 1 aliphatic rings. The number of hydrogen-bond donors (Lipinski definition) is 0. The fourth-order valence-electron chi connectivity index (χ4n) is 3.16. The zero-order chi connectivity index (χ0) is 16.6. The SMILES string of the molecule is Cc1ccc(CC2CCN(C(=O)c3cnn(C)c3C)C2)cc1F. The van der Waals surface area contributed by atoms with Gasteiger partial charge in [-0.1, -0.05) is 12.1 Å². The number of carbonyl (C=O) groups is 1. The largest absolute Gasteiger partial charge is 0.338 e. The lowest BCUT2D eigenvalue weighted by Gasteiger charge is -2.16. The van der Waals surface area contributed by atoms with Crippen LogP contribution >= 0.6 is 0 Å². The van der Waals surface area contributed by atoms with Crippen LogP contribution in [0.4, 0.5) is 4.39 Å². The molecule has 1 saturated heterocycles. The third-order valence-corrected chi connectivity index (χ3v) is 4.80. The molecular weight excluding hydrogens is 293 g/mol. The highest BCUT2D eigenvalue weighted by atomic mass is 19.1. The van der Waals surface area contributed by atoms with E-state index in [1.807, 2.05) is 31.0 Å². The molecule has 0 N–H and O–H groups in total. The second kappa shape index (κ2) is 6.14. The predicted molar refractivity (Wildman–Crippen MR) is 86.8 cm³/mol. The average molecular weight is 315 g/mol. The summed E-state index contributed by atoms with van der Waals surface area (Å²) in [6.45, 7) is 5.16. The Kier molecular flexibility index (Phi) is 4.20. The smallest absolute Gasteiger partial charge is 0.257 e. The second-order valence-corrected chi connectivity index (χ2v) is 6.46. The van der Waals surface area contributed by atoms with Crippen LogP contribution in [0, 0.1) is 25.6 Å². The quantitative estimate of drug-likeness (QED) is 0.873. The van der Waals surface area contributed by atoms with E-state index >= 15 is 0 Å². The molecule has 1 fully saturated rings. The van der Waals surface area contributed by atoms with E-state index in [4.69, 9.17) is 0 Å². The van der Waals surface area contributed by atoms with E-state index in [1.165, 1.54) is 0 Å². The first-order chi connectivity index (χ1) is 11.0. The van der Waals surface area contributed by atoms with E-state index in [0.29, 0.717) is 17.0 Å². The van der Waals surface area contributed by atoms with Crippen LogP contribution in [0.15, 0.2) is 24.4 Å². The predicted octanol–water partition coefficient (Wildman–Crippen LogP) is 2.88. The molecule has 23 heavy (non-hydrogen) atoms. The summed E-state index contributed by atoms with van der Waals surface area (Å²) in [5.41, 5.74) is 3.24. The van der Waals surface area contributed by atoms with Gasteiger partial charge in [-0.2, -0.15) is 5.10 Å². The lowest BCUT2D eigenvalue weighted by atomic mass is 9.98. The molecule has 0 radical (unpaired) electrons. The number of nitrogens with zero attached hydrogens (tertiary/aromatic N) is 3. The van der Waals surface area contributed by atoms with Crippen LogP contribution in [0.5, 0.6) is 0 Å². The minimum Gasteiger partial charge on any atom is -0.338 e. The summed E-state index contributed by atoms with van der Waals surface area (Å²) in [5.74, 6) is 0.283. The first kappa shape index (κ1) is 15.7. The molecule has 0 bridgehead atoms. The van der Waals surface area contributed by atoms with Crippen molar-refractivity contribution in [3.63, 3.8) is 0 Å². The molecule has 0 saturated carbocycles. The van der Waals surface area contributed by atoms with Crippen molar-refractivity contribution in [3.8, 4) is 0 Å². The van der Waals surface area contributed by atoms with Gasteiger partial charge in [0.2, 0.25) is 0 Å². The number of carbonyl (C=O) groups excluding carboxylic acids is 1. The maximum Gasteiger partial charge on any atom is 0.257 e. The molecule has 2 aromatic rings. The summed E-state index contributed by atoms with van der Waals surface area (Å²) in [4.78, 5) is 14.5. The van der Waals surface area contributed by atoms with Crippen LogP contribution in [0.1, 0.15) is 33.6 Å². The van der Waals surface area contributed by atoms with Crippen LogP contribution in [0.2, 0.25) is 0 Å². The summed E-state index contributed by atoms with van der Waals surface area (Å²) >= 11 is 0. The van der Waals surface area contributed by atoms with E-state index in [0.717, 1.165) is 37.2 Å². The van der Waals surface area contributed by atoms with Gasteiger partial charge in [-0.05, 0) is 49.8 Å². The van der Waals surface area contributed by atoms with Crippen molar-refractivity contribution in [1.82, 2.24) is 14.7 Å². The second-order valence-electron chi connectivity index (χ2n) is 6.46. The first-order valence-electron chi connectivity index (χ1n) is 7.98. The van der Waals surface area contributed by atoms with Crippen LogP contribution in [-0.2, 0) is 13.5 Å². The number of aryl methyl sites for hydroxylation is 2. The van der Waals surface area contributed by atoms with Gasteiger partial charge in [0, 0.05) is 25.8 Å². The minimum atomic E-state index is -0.153. The monoisotopic (exact) mass is 315 g/mol. The van der Waals surface area contributed by atoms with E-state index in [-0.39, 0.29) is 11.7 Å². The maximum absolute atomic E-state index is 13.7. The summed E-state index contributed by atoms with van der Waals surface area (Å²) in [6.07, 6.45) is 3.41. The molecule has 0 aliphatic carbocycles. The zero-order valence-electron chi connectivity index (χ0n) is 13.8. The third-order valence-electron chi connectivity index (χ3n) is 4.80. The summed E-state index contributed by atoms with van der Waals surface area (Å²) in [5, 5.41) is 4.14. The highest BCUT2D eigenvalue weighted by Crippen LogP contribution is 2.24. The van der Waals surface area contributed by atoms with Crippen LogP contribution < -0.4 is 0 Å². The van der Waals surface area contributed by atoms with E-state index in [9.17, 15) is 9.18 Å². The van der Waals surface area contributed by atoms with Crippen LogP contribution in [-0.4, -0.2) is 33.7 Å². The molecule has 1 atom stereocenters. The Morgan fingerprint density at radius 1 is 1.39 bits per heavy atom. The fraction of sp³-hybridized carbons (Fsp3) is 0.444. The Morgan fingerprint density at radius 3 is 2.83 bits per heavy atom. The molecular formula is C18H22FN3O. The van der Waals surface area contributed by atoms with Crippen molar-refractivity contribution in [2.45, 2.75) is 26.7 Å². The van der Waals surface area contributed by atoms with Gasteiger partial charge < -0.3 is 4.90 Å². The van der Waals surface area contributed by atoms with Crippen LogP contribution in [0.25, 0.3) is 0 Å². The Morgan fingerprint density at radius 2 is 2.17 bits per heavy atom. The highest BCUT2D eigenvalue weighted by molar-refractivity contribution is 5.95. The van der Waals surface area contributed by atoms with Crippen molar-refractivity contribution >= 4 is 5.91 Å². The first-order valence-corrected chi connectivity index (χ1v) is 7.98. The van der Waals surface area contributed by atoms with E-state index in [2.05, 4.69) is 5.10 Å². The van der Waals surface area contributed by atoms with Gasteiger partial charge in [-0.15, -0.1) is 0 Å². The number of benzene rings is 1. The highest BCUT2D eigenvalue weighted by Gasteiger charge is 2.28. The minimum absolute atomic E-state index is 0.0492. The summed E-state index contributed by atoms with van der Waals surface area (Å²) in [6, 6.07) is 5.42. The van der Waals surface area contributed by atoms with Crippen molar-refractivity contribution in [2.75, 3.05) is 13.1 Å². The normalized spacial score (nSPS) is 17.7. The Bertz CT molecular complexity index is 738.